The van der Waals surface area contributed by atoms with Crippen LogP contribution in [0, 0.1) is 18.8 Å². The Labute approximate surface area is 224 Å². The average Bonchev–Trinajstić information content (AvgIpc) is 3.51. The fourth-order valence-electron chi connectivity index (χ4n) is 4.60. The van der Waals surface area contributed by atoms with E-state index in [0.717, 1.165) is 28.1 Å². The second kappa shape index (κ2) is 12.4. The number of esters is 1. The summed E-state index contributed by atoms with van der Waals surface area (Å²) in [7, 11) is 1.90. The molecule has 3 aromatic rings. The van der Waals surface area contributed by atoms with Crippen molar-refractivity contribution in [2.24, 2.45) is 18.9 Å². The second-order valence-corrected chi connectivity index (χ2v) is 10.8. The quantitative estimate of drug-likeness (QED) is 0.380. The summed E-state index contributed by atoms with van der Waals surface area (Å²) in [4.78, 5) is 34.0. The van der Waals surface area contributed by atoms with E-state index in [1.165, 1.54) is 10.9 Å². The van der Waals surface area contributed by atoms with Crippen LogP contribution in [-0.2, 0) is 34.3 Å². The predicted molar refractivity (Wildman–Crippen MR) is 144 cm³/mol. The second-order valence-electron chi connectivity index (χ2n) is 10.8. The van der Waals surface area contributed by atoms with Crippen molar-refractivity contribution in [3.05, 3.63) is 71.3 Å². The van der Waals surface area contributed by atoms with Gasteiger partial charge in [0.25, 0.3) is 0 Å². The van der Waals surface area contributed by atoms with Gasteiger partial charge in [0, 0.05) is 43.6 Å². The maximum atomic E-state index is 13.1. The fourth-order valence-corrected chi connectivity index (χ4v) is 4.60. The Bertz CT molecular complexity index is 1240. The van der Waals surface area contributed by atoms with Crippen molar-refractivity contribution in [2.75, 3.05) is 6.61 Å². The van der Waals surface area contributed by atoms with Gasteiger partial charge in [-0.1, -0.05) is 32.0 Å². The number of carbonyl (C=O) groups is 2. The van der Waals surface area contributed by atoms with E-state index in [9.17, 15) is 14.7 Å². The summed E-state index contributed by atoms with van der Waals surface area (Å²) in [6.45, 7) is 11.4. The van der Waals surface area contributed by atoms with Gasteiger partial charge < -0.3 is 19.1 Å². The molecule has 3 atom stereocenters. The molecular formula is C29H40N4O5. The number of aromatic nitrogens is 4. The Morgan fingerprint density at radius 3 is 2.53 bits per heavy atom. The third-order valence-corrected chi connectivity index (χ3v) is 6.91. The lowest BCUT2D eigenvalue weighted by molar-refractivity contribution is -0.152. The minimum Gasteiger partial charge on any atom is -0.461 e. The summed E-state index contributed by atoms with van der Waals surface area (Å²) in [5.74, 6) is -1.08. The number of nitrogens with zero attached hydrogens (tertiary/aromatic N) is 4. The third kappa shape index (κ3) is 7.10. The van der Waals surface area contributed by atoms with Crippen LogP contribution in [0.4, 0.5) is 4.79 Å². The maximum absolute atomic E-state index is 13.1. The first-order valence-electron chi connectivity index (χ1n) is 13.0. The van der Waals surface area contributed by atoms with Gasteiger partial charge >= 0.3 is 12.1 Å². The molecule has 206 valence electrons. The van der Waals surface area contributed by atoms with E-state index in [0.29, 0.717) is 12.8 Å². The summed E-state index contributed by atoms with van der Waals surface area (Å²) in [6.07, 6.45) is 7.26. The van der Waals surface area contributed by atoms with Gasteiger partial charge in [-0.15, -0.1) is 0 Å². The smallest absolute Gasteiger partial charge is 0.419 e. The van der Waals surface area contributed by atoms with E-state index in [-0.39, 0.29) is 31.0 Å². The van der Waals surface area contributed by atoms with E-state index in [4.69, 9.17) is 9.47 Å². The number of rotatable bonds is 10. The number of ether oxygens (including phenoxy) is 2. The van der Waals surface area contributed by atoms with Crippen molar-refractivity contribution in [3.8, 4) is 0 Å². The Balaban J connectivity index is 1.69. The number of aliphatic hydroxyl groups excluding tert-OH is 1. The van der Waals surface area contributed by atoms with Crippen molar-refractivity contribution in [1.82, 2.24) is 19.1 Å². The molecule has 1 aromatic carbocycles. The molecule has 0 aliphatic rings. The average molecular weight is 525 g/mol. The van der Waals surface area contributed by atoms with Crippen molar-refractivity contribution in [2.45, 2.75) is 72.5 Å². The lowest BCUT2D eigenvalue weighted by atomic mass is 9.87. The van der Waals surface area contributed by atoms with Crippen molar-refractivity contribution in [3.63, 3.8) is 0 Å². The summed E-state index contributed by atoms with van der Waals surface area (Å²) in [5, 5.41) is 10.0. The highest BCUT2D eigenvalue weighted by Crippen LogP contribution is 2.29. The molecule has 9 heteroatoms. The molecule has 0 amide bonds. The van der Waals surface area contributed by atoms with Gasteiger partial charge in [0.1, 0.15) is 18.5 Å². The zero-order valence-corrected chi connectivity index (χ0v) is 23.5. The van der Waals surface area contributed by atoms with Crippen LogP contribution in [0.3, 0.4) is 0 Å². The first kappa shape index (κ1) is 29.1. The lowest BCUT2D eigenvalue weighted by Gasteiger charge is -2.23. The number of carbonyl (C=O) groups excluding carboxylic acids is 2. The molecule has 0 aliphatic carbocycles. The number of hydrogen-bond donors (Lipinski definition) is 1. The van der Waals surface area contributed by atoms with Crippen LogP contribution in [0.2, 0.25) is 0 Å². The van der Waals surface area contributed by atoms with Gasteiger partial charge in [0.15, 0.2) is 0 Å². The molecule has 0 aliphatic heterocycles. The maximum Gasteiger partial charge on any atom is 0.419 e. The molecule has 3 rings (SSSR count). The zero-order valence-electron chi connectivity index (χ0n) is 23.5. The monoisotopic (exact) mass is 524 g/mol. The van der Waals surface area contributed by atoms with Gasteiger partial charge in [-0.2, -0.15) is 0 Å². The summed E-state index contributed by atoms with van der Waals surface area (Å²) in [5.41, 5.74) is 4.03. The van der Waals surface area contributed by atoms with E-state index in [1.54, 1.807) is 18.7 Å². The highest BCUT2D eigenvalue weighted by atomic mass is 16.6. The molecule has 0 radical (unpaired) electrons. The Morgan fingerprint density at radius 1 is 1.18 bits per heavy atom. The van der Waals surface area contributed by atoms with Crippen LogP contribution >= 0.6 is 0 Å². The highest BCUT2D eigenvalue weighted by Gasteiger charge is 2.29. The van der Waals surface area contributed by atoms with E-state index in [1.807, 2.05) is 71.4 Å². The number of aliphatic hydroxyl groups is 1. The first-order valence-corrected chi connectivity index (χ1v) is 13.0. The predicted octanol–water partition coefficient (Wildman–Crippen LogP) is 4.78. The largest absolute Gasteiger partial charge is 0.461 e. The van der Waals surface area contributed by atoms with Crippen LogP contribution in [0.25, 0.3) is 0 Å². The number of benzene rings is 1. The van der Waals surface area contributed by atoms with Gasteiger partial charge in [0.05, 0.1) is 17.9 Å². The Hall–Kier alpha value is -3.46. The zero-order chi connectivity index (χ0) is 28.0. The fraction of sp³-hybridized carbons (Fsp3) is 0.517. The first-order chi connectivity index (χ1) is 17.9. The number of hydrogen-bond acceptors (Lipinski definition) is 7. The van der Waals surface area contributed by atoms with Crippen LogP contribution in [0.5, 0.6) is 0 Å². The third-order valence-electron chi connectivity index (χ3n) is 6.91. The molecule has 0 spiro atoms. The Kier molecular flexibility index (Phi) is 9.49. The molecule has 0 bridgehead atoms. The minimum atomic E-state index is -0.595. The number of aryl methyl sites for hydroxylation is 1. The molecular weight excluding hydrogens is 484 g/mol. The minimum absolute atomic E-state index is 0.0876. The van der Waals surface area contributed by atoms with E-state index in [2.05, 4.69) is 9.97 Å². The van der Waals surface area contributed by atoms with Crippen LogP contribution in [-0.4, -0.2) is 48.5 Å². The number of imidazole rings is 2. The molecule has 0 saturated heterocycles. The molecule has 1 unspecified atom stereocenters. The highest BCUT2D eigenvalue weighted by molar-refractivity contribution is 5.73. The van der Waals surface area contributed by atoms with Crippen LogP contribution in [0.15, 0.2) is 43.2 Å². The Morgan fingerprint density at radius 2 is 1.92 bits per heavy atom. The molecule has 0 saturated carbocycles. The van der Waals surface area contributed by atoms with Gasteiger partial charge in [0.2, 0.25) is 0 Å². The summed E-state index contributed by atoms with van der Waals surface area (Å²) in [6, 6.07) is 5.89. The van der Waals surface area contributed by atoms with Crippen LogP contribution in [0.1, 0.15) is 75.0 Å². The van der Waals surface area contributed by atoms with Crippen molar-refractivity contribution in [1.29, 1.82) is 0 Å². The SMILES string of the molecule is CCC(C(=O)OCc1cccc([C@H](C)c2cn(C(=O)OC(C)(C)C)cn2)c1C)[C@H](CO)Cc1cncn1C. The van der Waals surface area contributed by atoms with Gasteiger partial charge in [-0.05, 0) is 57.2 Å². The standard InChI is InChI=1S/C29H40N4O5/c1-8-24(22(15-34)12-23-13-30-17-32(23)7)27(35)37-16-21-10-9-11-25(19(21)2)20(3)26-14-33(18-31-26)28(36)38-29(4,5)6/h9-11,13-14,17-18,20,22,24,34H,8,12,15-16H2,1-7H3/t20-,22-,24?/m0/s1. The van der Waals surface area contributed by atoms with Crippen molar-refractivity contribution >= 4 is 12.1 Å². The molecule has 2 aromatic heterocycles. The van der Waals surface area contributed by atoms with Gasteiger partial charge in [-0.3, -0.25) is 4.79 Å². The molecule has 38 heavy (non-hydrogen) atoms. The normalized spacial score (nSPS) is 14.1. The van der Waals surface area contributed by atoms with E-state index >= 15 is 0 Å². The molecule has 2 heterocycles. The van der Waals surface area contributed by atoms with Crippen LogP contribution < -0.4 is 0 Å². The topological polar surface area (TPSA) is 108 Å². The van der Waals surface area contributed by atoms with Crippen molar-refractivity contribution < 1.29 is 24.2 Å². The van der Waals surface area contributed by atoms with E-state index < -0.39 is 17.6 Å². The molecule has 9 nitrogen and oxygen atoms in total. The lowest BCUT2D eigenvalue weighted by Crippen LogP contribution is -2.30. The molecule has 1 N–H and O–H groups in total. The summed E-state index contributed by atoms with van der Waals surface area (Å²) >= 11 is 0. The van der Waals surface area contributed by atoms with Gasteiger partial charge in [-0.25, -0.2) is 19.3 Å². The molecule has 0 fully saturated rings. The summed E-state index contributed by atoms with van der Waals surface area (Å²) < 4.78 is 14.4.